The Morgan fingerprint density at radius 2 is 2.38 bits per heavy atom. The van der Waals surface area contributed by atoms with Crippen LogP contribution in [0.5, 0.6) is 0 Å². The van der Waals surface area contributed by atoms with Gasteiger partial charge >= 0.3 is 0 Å². The van der Waals surface area contributed by atoms with Crippen LogP contribution in [-0.4, -0.2) is 27.1 Å². The van der Waals surface area contributed by atoms with Gasteiger partial charge in [0.25, 0.3) is 0 Å². The van der Waals surface area contributed by atoms with E-state index in [9.17, 15) is 0 Å². The Labute approximate surface area is 94.9 Å². The standard InChI is InChI=1S/C12H17N3O/c1-9-4-3-5-15-11(8-14-12(9)15)7-13-6-10(2)16/h3-5,8,10,13,16H,6-7H2,1-2H3/t10-/m1/s1. The van der Waals surface area contributed by atoms with Crippen molar-refractivity contribution in [2.45, 2.75) is 26.5 Å². The zero-order chi connectivity index (χ0) is 11.5. The zero-order valence-corrected chi connectivity index (χ0v) is 9.64. The van der Waals surface area contributed by atoms with Gasteiger partial charge in [-0.05, 0) is 25.5 Å². The second-order valence-corrected chi connectivity index (χ2v) is 4.11. The Morgan fingerprint density at radius 1 is 1.56 bits per heavy atom. The van der Waals surface area contributed by atoms with E-state index in [4.69, 9.17) is 5.11 Å². The van der Waals surface area contributed by atoms with Crippen LogP contribution in [0.25, 0.3) is 5.65 Å². The Hall–Kier alpha value is -1.39. The van der Waals surface area contributed by atoms with E-state index in [2.05, 4.69) is 27.7 Å². The molecule has 2 aromatic heterocycles. The molecular formula is C12H17N3O. The van der Waals surface area contributed by atoms with E-state index in [1.807, 2.05) is 18.5 Å². The molecule has 0 saturated heterocycles. The third-order valence-corrected chi connectivity index (χ3v) is 2.55. The highest BCUT2D eigenvalue weighted by atomic mass is 16.3. The lowest BCUT2D eigenvalue weighted by atomic mass is 10.3. The third-order valence-electron chi connectivity index (χ3n) is 2.55. The van der Waals surface area contributed by atoms with Crippen molar-refractivity contribution in [1.82, 2.24) is 14.7 Å². The number of aryl methyl sites for hydroxylation is 1. The summed E-state index contributed by atoms with van der Waals surface area (Å²) in [5, 5.41) is 12.3. The topological polar surface area (TPSA) is 49.6 Å². The smallest absolute Gasteiger partial charge is 0.139 e. The lowest BCUT2D eigenvalue weighted by molar-refractivity contribution is 0.191. The highest BCUT2D eigenvalue weighted by Gasteiger charge is 2.04. The lowest BCUT2D eigenvalue weighted by Crippen LogP contribution is -2.24. The molecule has 4 nitrogen and oxygen atoms in total. The quantitative estimate of drug-likeness (QED) is 0.810. The number of nitrogens with one attached hydrogen (secondary N) is 1. The van der Waals surface area contributed by atoms with Crippen LogP contribution in [0.1, 0.15) is 18.2 Å². The van der Waals surface area contributed by atoms with Gasteiger partial charge in [0.1, 0.15) is 5.65 Å². The van der Waals surface area contributed by atoms with Crippen molar-refractivity contribution in [1.29, 1.82) is 0 Å². The fourth-order valence-electron chi connectivity index (χ4n) is 1.74. The maximum Gasteiger partial charge on any atom is 0.139 e. The van der Waals surface area contributed by atoms with Gasteiger partial charge in [-0.1, -0.05) is 6.07 Å². The van der Waals surface area contributed by atoms with E-state index in [0.29, 0.717) is 6.54 Å². The first-order valence-corrected chi connectivity index (χ1v) is 5.49. The van der Waals surface area contributed by atoms with E-state index < -0.39 is 0 Å². The van der Waals surface area contributed by atoms with Crippen molar-refractivity contribution >= 4 is 5.65 Å². The number of hydrogen-bond acceptors (Lipinski definition) is 3. The lowest BCUT2D eigenvalue weighted by Gasteiger charge is -2.06. The van der Waals surface area contributed by atoms with E-state index in [1.54, 1.807) is 6.92 Å². The van der Waals surface area contributed by atoms with E-state index in [1.165, 1.54) is 5.56 Å². The highest BCUT2D eigenvalue weighted by Crippen LogP contribution is 2.10. The maximum atomic E-state index is 9.15. The Bertz CT molecular complexity index is 476. The van der Waals surface area contributed by atoms with Crippen LogP contribution >= 0.6 is 0 Å². The van der Waals surface area contributed by atoms with Crippen LogP contribution in [-0.2, 0) is 6.54 Å². The number of aliphatic hydroxyl groups is 1. The van der Waals surface area contributed by atoms with Gasteiger partial charge in [0.15, 0.2) is 0 Å². The SMILES string of the molecule is Cc1cccn2c(CNC[C@@H](C)O)cnc12. The van der Waals surface area contributed by atoms with Crippen molar-refractivity contribution in [3.63, 3.8) is 0 Å². The largest absolute Gasteiger partial charge is 0.392 e. The fourth-order valence-corrected chi connectivity index (χ4v) is 1.74. The molecule has 0 saturated carbocycles. The van der Waals surface area contributed by atoms with Gasteiger partial charge in [-0.15, -0.1) is 0 Å². The number of imidazole rings is 1. The van der Waals surface area contributed by atoms with Crippen LogP contribution in [0.2, 0.25) is 0 Å². The molecule has 0 unspecified atom stereocenters. The minimum absolute atomic E-state index is 0.319. The van der Waals surface area contributed by atoms with Crippen molar-refractivity contribution in [3.05, 3.63) is 35.8 Å². The summed E-state index contributed by atoms with van der Waals surface area (Å²) in [4.78, 5) is 4.38. The van der Waals surface area contributed by atoms with Crippen molar-refractivity contribution in [3.8, 4) is 0 Å². The van der Waals surface area contributed by atoms with Gasteiger partial charge in [0.05, 0.1) is 18.0 Å². The summed E-state index contributed by atoms with van der Waals surface area (Å²) in [5.74, 6) is 0. The molecule has 0 spiro atoms. The van der Waals surface area contributed by atoms with Crippen LogP contribution in [0, 0.1) is 6.92 Å². The molecule has 16 heavy (non-hydrogen) atoms. The van der Waals surface area contributed by atoms with Gasteiger partial charge in [-0.3, -0.25) is 0 Å². The molecule has 0 amide bonds. The van der Waals surface area contributed by atoms with E-state index >= 15 is 0 Å². The summed E-state index contributed by atoms with van der Waals surface area (Å²) in [6.07, 6.45) is 3.56. The molecule has 0 aliphatic rings. The van der Waals surface area contributed by atoms with Crippen LogP contribution in [0.3, 0.4) is 0 Å². The monoisotopic (exact) mass is 219 g/mol. The molecule has 2 aromatic rings. The van der Waals surface area contributed by atoms with Crippen LogP contribution in [0.4, 0.5) is 0 Å². The molecule has 0 bridgehead atoms. The molecule has 2 N–H and O–H groups in total. The minimum Gasteiger partial charge on any atom is -0.392 e. The van der Waals surface area contributed by atoms with Crippen LogP contribution < -0.4 is 5.32 Å². The first kappa shape index (κ1) is 11.1. The molecule has 0 aliphatic carbocycles. The number of aromatic nitrogens is 2. The molecule has 2 heterocycles. The fraction of sp³-hybridized carbons (Fsp3) is 0.417. The molecule has 1 atom stereocenters. The van der Waals surface area contributed by atoms with Crippen molar-refractivity contribution < 1.29 is 5.11 Å². The van der Waals surface area contributed by atoms with Crippen molar-refractivity contribution in [2.75, 3.05) is 6.54 Å². The van der Waals surface area contributed by atoms with Gasteiger partial charge in [0.2, 0.25) is 0 Å². The molecule has 0 aliphatic heterocycles. The minimum atomic E-state index is -0.319. The van der Waals surface area contributed by atoms with Crippen LogP contribution in [0.15, 0.2) is 24.5 Å². The molecule has 2 rings (SSSR count). The van der Waals surface area contributed by atoms with Crippen molar-refractivity contribution in [2.24, 2.45) is 0 Å². The summed E-state index contributed by atoms with van der Waals surface area (Å²) >= 11 is 0. The normalized spacial score (nSPS) is 13.2. The molecule has 4 heteroatoms. The Kier molecular flexibility index (Phi) is 3.22. The predicted molar refractivity (Wildman–Crippen MR) is 63.3 cm³/mol. The number of hydrogen-bond donors (Lipinski definition) is 2. The number of nitrogens with zero attached hydrogens (tertiary/aromatic N) is 2. The number of rotatable bonds is 4. The average Bonchev–Trinajstić information content (AvgIpc) is 2.63. The van der Waals surface area contributed by atoms with E-state index in [-0.39, 0.29) is 6.10 Å². The number of fused-ring (bicyclic) bond motifs is 1. The summed E-state index contributed by atoms with van der Waals surface area (Å²) in [6.45, 7) is 5.13. The summed E-state index contributed by atoms with van der Waals surface area (Å²) in [5.41, 5.74) is 3.28. The number of pyridine rings is 1. The van der Waals surface area contributed by atoms with Gasteiger partial charge in [-0.25, -0.2) is 4.98 Å². The highest BCUT2D eigenvalue weighted by molar-refractivity contribution is 5.48. The Morgan fingerprint density at radius 3 is 3.12 bits per heavy atom. The van der Waals surface area contributed by atoms with Gasteiger partial charge in [-0.2, -0.15) is 0 Å². The zero-order valence-electron chi connectivity index (χ0n) is 9.64. The molecule has 86 valence electrons. The third kappa shape index (κ3) is 2.23. The second-order valence-electron chi connectivity index (χ2n) is 4.11. The number of aliphatic hydroxyl groups excluding tert-OH is 1. The molecule has 0 fully saturated rings. The summed E-state index contributed by atoms with van der Waals surface area (Å²) in [6, 6.07) is 4.07. The average molecular weight is 219 g/mol. The second kappa shape index (κ2) is 4.63. The predicted octanol–water partition coefficient (Wildman–Crippen LogP) is 1.11. The molecule has 0 radical (unpaired) electrons. The first-order valence-electron chi connectivity index (χ1n) is 5.49. The maximum absolute atomic E-state index is 9.15. The first-order chi connectivity index (χ1) is 7.68. The molecule has 0 aromatic carbocycles. The summed E-state index contributed by atoms with van der Waals surface area (Å²) < 4.78 is 2.07. The molecular weight excluding hydrogens is 202 g/mol. The summed E-state index contributed by atoms with van der Waals surface area (Å²) in [7, 11) is 0. The Balaban J connectivity index is 2.16. The van der Waals surface area contributed by atoms with E-state index in [0.717, 1.165) is 17.9 Å². The van der Waals surface area contributed by atoms with Gasteiger partial charge in [0, 0.05) is 19.3 Å². The van der Waals surface area contributed by atoms with Gasteiger partial charge < -0.3 is 14.8 Å².